The number of rotatable bonds is 17. The van der Waals surface area contributed by atoms with Gasteiger partial charge in [0.2, 0.25) is 0 Å². The van der Waals surface area contributed by atoms with Crippen LogP contribution in [0.25, 0.3) is 0 Å². The molecule has 32 heavy (non-hydrogen) atoms. The Balaban J connectivity index is 1.24. The average Bonchev–Trinajstić information content (AvgIpc) is 3.52. The van der Waals surface area contributed by atoms with Crippen LogP contribution in [0.4, 0.5) is 9.59 Å². The van der Waals surface area contributed by atoms with E-state index in [0.29, 0.717) is 65.9 Å². The lowest BCUT2D eigenvalue weighted by Crippen LogP contribution is -2.16. The third-order valence-electron chi connectivity index (χ3n) is 3.86. The number of aromatic nitrogens is 4. The molecule has 2 aromatic heterocycles. The third kappa shape index (κ3) is 11.6. The van der Waals surface area contributed by atoms with Gasteiger partial charge in [0, 0.05) is 51.0 Å². The zero-order valence-corrected chi connectivity index (χ0v) is 18.0. The molecule has 0 amide bonds. The first-order chi connectivity index (χ1) is 15.8. The van der Waals surface area contributed by atoms with Crippen LogP contribution in [-0.4, -0.2) is 97.4 Å². The Morgan fingerprint density at radius 3 is 1.47 bits per heavy atom. The van der Waals surface area contributed by atoms with E-state index in [1.54, 1.807) is 0 Å². The minimum atomic E-state index is -0.489. The SMILES string of the molecule is O=C(OCCCOCCCOCCOCCOCCOC(=O)n1ccnc1)n1ccnc1. The van der Waals surface area contributed by atoms with E-state index in [1.807, 2.05) is 0 Å². The number of nitrogens with zero attached hydrogens (tertiary/aromatic N) is 4. The van der Waals surface area contributed by atoms with E-state index in [2.05, 4.69) is 9.97 Å². The molecule has 12 heteroatoms. The van der Waals surface area contributed by atoms with Gasteiger partial charge in [-0.1, -0.05) is 0 Å². The molecule has 0 radical (unpaired) electrons. The van der Waals surface area contributed by atoms with Crippen molar-refractivity contribution in [1.29, 1.82) is 0 Å². The van der Waals surface area contributed by atoms with E-state index in [4.69, 9.17) is 28.4 Å². The molecular weight excluding hydrogens is 424 g/mol. The van der Waals surface area contributed by atoms with Crippen molar-refractivity contribution in [3.05, 3.63) is 37.4 Å². The maximum Gasteiger partial charge on any atom is 0.419 e. The van der Waals surface area contributed by atoms with E-state index in [0.717, 1.165) is 6.42 Å². The summed E-state index contributed by atoms with van der Waals surface area (Å²) in [5.41, 5.74) is 0. The first-order valence-corrected chi connectivity index (χ1v) is 10.4. The number of imidazole rings is 2. The normalized spacial score (nSPS) is 10.9. The van der Waals surface area contributed by atoms with Crippen molar-refractivity contribution >= 4 is 12.2 Å². The van der Waals surface area contributed by atoms with Crippen LogP contribution in [0, 0.1) is 0 Å². The molecule has 2 aromatic rings. The summed E-state index contributed by atoms with van der Waals surface area (Å²) >= 11 is 0. The van der Waals surface area contributed by atoms with Gasteiger partial charge in [-0.2, -0.15) is 0 Å². The van der Waals surface area contributed by atoms with E-state index < -0.39 is 12.2 Å². The molecule has 0 atom stereocenters. The Bertz CT molecular complexity index is 662. The predicted octanol–water partition coefficient (Wildman–Crippen LogP) is 1.60. The van der Waals surface area contributed by atoms with Gasteiger partial charge in [-0.15, -0.1) is 0 Å². The third-order valence-corrected chi connectivity index (χ3v) is 3.86. The van der Waals surface area contributed by atoms with Crippen LogP contribution in [0.5, 0.6) is 0 Å². The van der Waals surface area contributed by atoms with Gasteiger partial charge in [-0.05, 0) is 6.42 Å². The molecule has 0 fully saturated rings. The highest BCUT2D eigenvalue weighted by molar-refractivity contribution is 5.70. The topological polar surface area (TPSA) is 125 Å². The summed E-state index contributed by atoms with van der Waals surface area (Å²) in [6.07, 6.45) is 9.30. The number of hydrogen-bond donors (Lipinski definition) is 0. The monoisotopic (exact) mass is 454 g/mol. The Morgan fingerprint density at radius 1 is 0.562 bits per heavy atom. The molecule has 0 N–H and O–H groups in total. The molecule has 0 aliphatic carbocycles. The highest BCUT2D eigenvalue weighted by Gasteiger charge is 2.04. The van der Waals surface area contributed by atoms with Gasteiger partial charge < -0.3 is 28.4 Å². The average molecular weight is 454 g/mol. The Labute approximate surface area is 186 Å². The summed E-state index contributed by atoms with van der Waals surface area (Å²) in [4.78, 5) is 30.6. The van der Waals surface area contributed by atoms with Crippen molar-refractivity contribution in [3.63, 3.8) is 0 Å². The van der Waals surface area contributed by atoms with E-state index in [-0.39, 0.29) is 6.61 Å². The van der Waals surface area contributed by atoms with Crippen LogP contribution in [0.1, 0.15) is 12.8 Å². The summed E-state index contributed by atoms with van der Waals surface area (Å²) in [5, 5.41) is 0. The predicted molar refractivity (Wildman–Crippen MR) is 110 cm³/mol. The van der Waals surface area contributed by atoms with Crippen molar-refractivity contribution < 1.29 is 38.0 Å². The van der Waals surface area contributed by atoms with Crippen molar-refractivity contribution in [2.75, 3.05) is 66.1 Å². The first-order valence-electron chi connectivity index (χ1n) is 10.4. The lowest BCUT2D eigenvalue weighted by molar-refractivity contribution is 0.00217. The fraction of sp³-hybridized carbons (Fsp3) is 0.600. The van der Waals surface area contributed by atoms with E-state index in [9.17, 15) is 9.59 Å². The summed E-state index contributed by atoms with van der Waals surface area (Å²) in [5.74, 6) is 0. The zero-order chi connectivity index (χ0) is 22.7. The molecule has 0 saturated carbocycles. The fourth-order valence-electron chi connectivity index (χ4n) is 2.30. The molecule has 0 bridgehead atoms. The summed E-state index contributed by atoms with van der Waals surface area (Å²) in [6.45, 7) is 4.25. The van der Waals surface area contributed by atoms with Crippen LogP contribution in [-0.2, 0) is 28.4 Å². The van der Waals surface area contributed by atoms with Crippen molar-refractivity contribution in [1.82, 2.24) is 19.1 Å². The Morgan fingerprint density at radius 2 is 0.969 bits per heavy atom. The van der Waals surface area contributed by atoms with Crippen LogP contribution in [0.2, 0.25) is 0 Å². The van der Waals surface area contributed by atoms with Crippen LogP contribution < -0.4 is 0 Å². The molecule has 0 unspecified atom stereocenters. The highest BCUT2D eigenvalue weighted by atomic mass is 16.6. The fourth-order valence-corrected chi connectivity index (χ4v) is 2.30. The smallest absolute Gasteiger partial charge is 0.419 e. The Kier molecular flexibility index (Phi) is 13.4. The second-order valence-corrected chi connectivity index (χ2v) is 6.33. The van der Waals surface area contributed by atoms with Crippen molar-refractivity contribution in [3.8, 4) is 0 Å². The number of ether oxygens (including phenoxy) is 6. The Hall–Kier alpha value is -2.80. The highest BCUT2D eigenvalue weighted by Crippen LogP contribution is 1.94. The molecule has 2 heterocycles. The minimum absolute atomic E-state index is 0.166. The van der Waals surface area contributed by atoms with Crippen molar-refractivity contribution in [2.45, 2.75) is 12.8 Å². The first kappa shape index (κ1) is 25.5. The molecule has 0 saturated heterocycles. The van der Waals surface area contributed by atoms with E-state index >= 15 is 0 Å². The molecule has 178 valence electrons. The second-order valence-electron chi connectivity index (χ2n) is 6.33. The number of hydrogen-bond acceptors (Lipinski definition) is 10. The molecule has 0 aliphatic rings. The van der Waals surface area contributed by atoms with Gasteiger partial charge in [-0.25, -0.2) is 28.7 Å². The molecular formula is C20H30N4O8. The van der Waals surface area contributed by atoms with Gasteiger partial charge in [0.15, 0.2) is 0 Å². The second kappa shape index (κ2) is 16.8. The molecule has 0 aliphatic heterocycles. The number of carbonyl (C=O) groups is 2. The summed E-state index contributed by atoms with van der Waals surface area (Å²) < 4.78 is 34.2. The molecule has 0 spiro atoms. The summed E-state index contributed by atoms with van der Waals surface area (Å²) in [7, 11) is 0. The lowest BCUT2D eigenvalue weighted by atomic mass is 10.4. The van der Waals surface area contributed by atoms with Gasteiger partial charge in [0.25, 0.3) is 0 Å². The maximum absolute atomic E-state index is 11.5. The van der Waals surface area contributed by atoms with Gasteiger partial charge in [0.05, 0.1) is 39.6 Å². The van der Waals surface area contributed by atoms with Crippen LogP contribution in [0.3, 0.4) is 0 Å². The molecule has 12 nitrogen and oxygen atoms in total. The van der Waals surface area contributed by atoms with Gasteiger partial charge in [-0.3, -0.25) is 0 Å². The van der Waals surface area contributed by atoms with Crippen LogP contribution >= 0.6 is 0 Å². The van der Waals surface area contributed by atoms with Crippen molar-refractivity contribution in [2.24, 2.45) is 0 Å². The minimum Gasteiger partial charge on any atom is -0.449 e. The molecule has 2 rings (SSSR count). The lowest BCUT2D eigenvalue weighted by Gasteiger charge is -2.08. The van der Waals surface area contributed by atoms with E-state index in [1.165, 1.54) is 46.6 Å². The van der Waals surface area contributed by atoms with Crippen LogP contribution in [0.15, 0.2) is 37.4 Å². The van der Waals surface area contributed by atoms with Gasteiger partial charge in [0.1, 0.15) is 19.3 Å². The summed E-state index contributed by atoms with van der Waals surface area (Å²) in [6, 6.07) is 0. The standard InChI is InChI=1S/C20H30N4O8/c25-19(23-5-3-21-17-23)31-10-2-9-27-7-1-8-28-11-12-29-13-14-30-15-16-32-20(26)24-6-4-22-18-24/h3-6,17-18H,1-2,7-16H2. The zero-order valence-electron chi connectivity index (χ0n) is 18.0. The quantitative estimate of drug-likeness (QED) is 0.325. The maximum atomic E-state index is 11.5. The number of carbonyl (C=O) groups excluding carboxylic acids is 2. The molecule has 0 aromatic carbocycles. The van der Waals surface area contributed by atoms with Gasteiger partial charge >= 0.3 is 12.2 Å². The largest absolute Gasteiger partial charge is 0.449 e.